The third-order valence-electron chi connectivity index (χ3n) is 5.73. The standard InChI is InChI=1S/C21H24BrN3O3/c1-27-19-6-9-23-13-15(19)12-18-20(14-7-10-25(18)11-8-14)28-21(26)24-17-4-2-16(22)3-5-17/h2-6,9,13-14,18,20H,7-8,10-12H2,1H3,(H,24,26)/t18-,20-/m1/s1. The Hall–Kier alpha value is -2.12. The van der Waals surface area contributed by atoms with Gasteiger partial charge in [0.05, 0.1) is 13.2 Å². The zero-order valence-corrected chi connectivity index (χ0v) is 17.4. The molecule has 6 nitrogen and oxygen atoms in total. The third kappa shape index (κ3) is 4.15. The van der Waals surface area contributed by atoms with Crippen LogP contribution in [0.5, 0.6) is 5.75 Å². The van der Waals surface area contributed by atoms with E-state index in [4.69, 9.17) is 9.47 Å². The molecule has 0 spiro atoms. The molecule has 0 saturated carbocycles. The van der Waals surface area contributed by atoms with Gasteiger partial charge in [-0.15, -0.1) is 0 Å². The summed E-state index contributed by atoms with van der Waals surface area (Å²) in [4.78, 5) is 19.2. The van der Waals surface area contributed by atoms with Gasteiger partial charge in [-0.1, -0.05) is 15.9 Å². The number of amides is 1. The predicted molar refractivity (Wildman–Crippen MR) is 111 cm³/mol. The molecule has 3 aliphatic rings. The fourth-order valence-electron chi connectivity index (χ4n) is 4.32. The molecule has 28 heavy (non-hydrogen) atoms. The molecule has 2 atom stereocenters. The first kappa shape index (κ1) is 19.2. The normalized spacial score (nSPS) is 25.9. The topological polar surface area (TPSA) is 63.7 Å². The Labute approximate surface area is 173 Å². The van der Waals surface area contributed by atoms with Crippen molar-refractivity contribution in [1.29, 1.82) is 0 Å². The zero-order chi connectivity index (χ0) is 19.5. The number of benzene rings is 1. The molecule has 3 saturated heterocycles. The van der Waals surface area contributed by atoms with Crippen molar-refractivity contribution in [3.8, 4) is 5.75 Å². The van der Waals surface area contributed by atoms with E-state index < -0.39 is 6.09 Å². The molecule has 5 rings (SSSR count). The SMILES string of the molecule is COc1ccncc1C[C@@H]1[C@H](OC(=O)Nc2ccc(Br)cc2)C2CCN1CC2. The zero-order valence-electron chi connectivity index (χ0n) is 15.8. The number of nitrogens with zero attached hydrogens (tertiary/aromatic N) is 2. The minimum atomic E-state index is -0.399. The highest BCUT2D eigenvalue weighted by Crippen LogP contribution is 2.37. The minimum Gasteiger partial charge on any atom is -0.496 e. The van der Waals surface area contributed by atoms with Crippen molar-refractivity contribution in [3.63, 3.8) is 0 Å². The second-order valence-corrected chi connectivity index (χ2v) is 8.25. The highest BCUT2D eigenvalue weighted by molar-refractivity contribution is 9.10. The van der Waals surface area contributed by atoms with Crippen LogP contribution in [0.3, 0.4) is 0 Å². The number of fused-ring (bicyclic) bond motifs is 3. The van der Waals surface area contributed by atoms with Crippen molar-refractivity contribution in [2.24, 2.45) is 5.92 Å². The van der Waals surface area contributed by atoms with E-state index in [1.807, 2.05) is 36.5 Å². The number of rotatable bonds is 5. The maximum Gasteiger partial charge on any atom is 0.411 e. The summed E-state index contributed by atoms with van der Waals surface area (Å²) in [5.74, 6) is 1.23. The van der Waals surface area contributed by atoms with Gasteiger partial charge in [-0.3, -0.25) is 15.2 Å². The molecule has 1 amide bonds. The van der Waals surface area contributed by atoms with Gasteiger partial charge in [0, 0.05) is 34.0 Å². The highest BCUT2D eigenvalue weighted by atomic mass is 79.9. The fourth-order valence-corrected chi connectivity index (χ4v) is 4.58. The van der Waals surface area contributed by atoms with Crippen molar-refractivity contribution < 1.29 is 14.3 Å². The van der Waals surface area contributed by atoms with Crippen LogP contribution >= 0.6 is 15.9 Å². The molecule has 4 heterocycles. The molecule has 0 unspecified atom stereocenters. The van der Waals surface area contributed by atoms with Crippen LogP contribution < -0.4 is 10.1 Å². The number of hydrogen-bond acceptors (Lipinski definition) is 5. The van der Waals surface area contributed by atoms with Crippen LogP contribution in [-0.2, 0) is 11.2 Å². The molecule has 1 N–H and O–H groups in total. The van der Waals surface area contributed by atoms with E-state index in [0.29, 0.717) is 5.92 Å². The van der Waals surface area contributed by atoms with Gasteiger partial charge >= 0.3 is 6.09 Å². The number of pyridine rings is 1. The summed E-state index contributed by atoms with van der Waals surface area (Å²) in [6.45, 7) is 2.10. The van der Waals surface area contributed by atoms with Gasteiger partial charge in [-0.05, 0) is 62.7 Å². The van der Waals surface area contributed by atoms with Gasteiger partial charge in [0.25, 0.3) is 0 Å². The average molecular weight is 446 g/mol. The van der Waals surface area contributed by atoms with Crippen LogP contribution in [-0.4, -0.2) is 48.3 Å². The summed E-state index contributed by atoms with van der Waals surface area (Å²) in [7, 11) is 1.67. The number of carbonyl (C=O) groups excluding carboxylic acids is 1. The van der Waals surface area contributed by atoms with E-state index >= 15 is 0 Å². The lowest BCUT2D eigenvalue weighted by Crippen LogP contribution is -2.60. The molecular formula is C21H24BrN3O3. The number of methoxy groups -OCH3 is 1. The minimum absolute atomic E-state index is 0.136. The summed E-state index contributed by atoms with van der Waals surface area (Å²) in [6, 6.07) is 9.49. The first-order valence-electron chi connectivity index (χ1n) is 9.58. The number of carbonyl (C=O) groups is 1. The van der Waals surface area contributed by atoms with Gasteiger partial charge in [-0.25, -0.2) is 4.79 Å². The quantitative estimate of drug-likeness (QED) is 0.749. The van der Waals surface area contributed by atoms with Crippen LogP contribution in [0.25, 0.3) is 0 Å². The summed E-state index contributed by atoms with van der Waals surface area (Å²) in [5, 5.41) is 2.85. The molecule has 1 aromatic heterocycles. The Balaban J connectivity index is 1.48. The van der Waals surface area contributed by atoms with E-state index in [0.717, 1.165) is 53.8 Å². The number of anilines is 1. The second-order valence-electron chi connectivity index (χ2n) is 7.33. The Bertz CT molecular complexity index is 822. The predicted octanol–water partition coefficient (Wildman–Crippen LogP) is 4.11. The number of ether oxygens (including phenoxy) is 2. The molecule has 148 valence electrons. The third-order valence-corrected chi connectivity index (χ3v) is 6.26. The monoisotopic (exact) mass is 445 g/mol. The van der Waals surface area contributed by atoms with Gasteiger partial charge in [-0.2, -0.15) is 0 Å². The fraction of sp³-hybridized carbons (Fsp3) is 0.429. The van der Waals surface area contributed by atoms with Crippen LogP contribution in [0.4, 0.5) is 10.5 Å². The van der Waals surface area contributed by atoms with Gasteiger partial charge in [0.1, 0.15) is 11.9 Å². The molecule has 0 aliphatic carbocycles. The smallest absolute Gasteiger partial charge is 0.411 e. The summed E-state index contributed by atoms with van der Waals surface area (Å²) in [5.41, 5.74) is 1.77. The first-order valence-corrected chi connectivity index (χ1v) is 10.4. The summed E-state index contributed by atoms with van der Waals surface area (Å²) >= 11 is 3.40. The first-order chi connectivity index (χ1) is 13.6. The molecule has 1 aromatic carbocycles. The van der Waals surface area contributed by atoms with Crippen molar-refractivity contribution in [2.45, 2.75) is 31.4 Å². The maximum absolute atomic E-state index is 12.6. The van der Waals surface area contributed by atoms with Gasteiger partial charge < -0.3 is 9.47 Å². The lowest BCUT2D eigenvalue weighted by molar-refractivity contribution is -0.0742. The van der Waals surface area contributed by atoms with Crippen LogP contribution in [0.15, 0.2) is 47.2 Å². The number of piperidine rings is 3. The summed E-state index contributed by atoms with van der Waals surface area (Å²) in [6.07, 6.45) is 5.93. The average Bonchev–Trinajstić information content (AvgIpc) is 2.72. The maximum atomic E-state index is 12.6. The van der Waals surface area contributed by atoms with Crippen molar-refractivity contribution in [3.05, 3.63) is 52.8 Å². The number of aromatic nitrogens is 1. The van der Waals surface area contributed by atoms with Gasteiger partial charge in [0.2, 0.25) is 0 Å². The number of nitrogens with one attached hydrogen (secondary N) is 1. The highest BCUT2D eigenvalue weighted by Gasteiger charge is 2.44. The Morgan fingerprint density at radius 1 is 1.25 bits per heavy atom. The molecule has 2 bridgehead atoms. The lowest BCUT2D eigenvalue weighted by Gasteiger charge is -2.50. The number of hydrogen-bond donors (Lipinski definition) is 1. The van der Waals surface area contributed by atoms with Crippen LogP contribution in [0, 0.1) is 5.92 Å². The van der Waals surface area contributed by atoms with Crippen molar-refractivity contribution >= 4 is 27.7 Å². The molecular weight excluding hydrogens is 422 g/mol. The molecule has 0 radical (unpaired) electrons. The largest absolute Gasteiger partial charge is 0.496 e. The second kappa shape index (κ2) is 8.49. The molecule has 3 fully saturated rings. The van der Waals surface area contributed by atoms with Crippen LogP contribution in [0.2, 0.25) is 0 Å². The molecule has 3 aliphatic heterocycles. The Morgan fingerprint density at radius 3 is 2.71 bits per heavy atom. The Kier molecular flexibility index (Phi) is 5.82. The molecule has 7 heteroatoms. The van der Waals surface area contributed by atoms with Gasteiger partial charge in [0.15, 0.2) is 0 Å². The van der Waals surface area contributed by atoms with Crippen molar-refractivity contribution in [1.82, 2.24) is 9.88 Å². The van der Waals surface area contributed by atoms with E-state index in [9.17, 15) is 4.79 Å². The van der Waals surface area contributed by atoms with E-state index in [1.165, 1.54) is 0 Å². The number of halogens is 1. The summed E-state index contributed by atoms with van der Waals surface area (Å²) < 4.78 is 12.4. The van der Waals surface area contributed by atoms with Crippen LogP contribution in [0.1, 0.15) is 18.4 Å². The van der Waals surface area contributed by atoms with E-state index in [2.05, 4.69) is 31.1 Å². The molecule has 2 aromatic rings. The van der Waals surface area contributed by atoms with E-state index in [1.54, 1.807) is 13.3 Å². The lowest BCUT2D eigenvalue weighted by atomic mass is 9.78. The van der Waals surface area contributed by atoms with E-state index in [-0.39, 0.29) is 12.1 Å². The van der Waals surface area contributed by atoms with Crippen molar-refractivity contribution in [2.75, 3.05) is 25.5 Å². The Morgan fingerprint density at radius 2 is 2.00 bits per heavy atom.